The summed E-state index contributed by atoms with van der Waals surface area (Å²) in [6.07, 6.45) is 4.32. The van der Waals surface area contributed by atoms with Gasteiger partial charge in [0.15, 0.2) is 0 Å². The third kappa shape index (κ3) is 0.708. The van der Waals surface area contributed by atoms with Crippen molar-refractivity contribution in [3.8, 4) is 0 Å². The average molecular weight is 257 g/mol. The largest absolute Gasteiger partial charge is 0.392 e. The molecule has 2 nitrogen and oxygen atoms in total. The lowest BCUT2D eigenvalue weighted by molar-refractivity contribution is 0.0578. The van der Waals surface area contributed by atoms with Crippen LogP contribution in [0, 0.1) is 23.7 Å². The zero-order valence-electron chi connectivity index (χ0n) is 7.77. The topological polar surface area (TPSA) is 29.5 Å². The van der Waals surface area contributed by atoms with E-state index in [0.717, 1.165) is 17.4 Å². The zero-order chi connectivity index (χ0) is 9.45. The van der Waals surface area contributed by atoms with Crippen LogP contribution in [-0.4, -0.2) is 28.7 Å². The van der Waals surface area contributed by atoms with Gasteiger partial charge < -0.3 is 9.84 Å². The molecule has 0 aromatic heterocycles. The van der Waals surface area contributed by atoms with Crippen molar-refractivity contribution in [2.45, 2.75) is 23.5 Å². The van der Waals surface area contributed by atoms with Crippen LogP contribution in [0.4, 0.5) is 0 Å². The number of fused-ring (bicyclic) bond motifs is 2. The van der Waals surface area contributed by atoms with E-state index in [0.29, 0.717) is 22.8 Å². The third-order valence-electron chi connectivity index (χ3n) is 4.73. The Morgan fingerprint density at radius 3 is 3.14 bits per heavy atom. The molecule has 2 bridgehead atoms. The highest BCUT2D eigenvalue weighted by Crippen LogP contribution is 2.65. The zero-order valence-corrected chi connectivity index (χ0v) is 9.35. The van der Waals surface area contributed by atoms with Crippen molar-refractivity contribution in [2.75, 3.05) is 6.61 Å². The molecule has 1 heterocycles. The minimum atomic E-state index is 0.191. The Morgan fingerprint density at radius 2 is 2.36 bits per heavy atom. The van der Waals surface area contributed by atoms with E-state index in [9.17, 15) is 5.11 Å². The highest BCUT2D eigenvalue weighted by Gasteiger charge is 2.66. The van der Waals surface area contributed by atoms with Crippen molar-refractivity contribution in [3.63, 3.8) is 0 Å². The van der Waals surface area contributed by atoms with Gasteiger partial charge in [-0.15, -0.1) is 0 Å². The molecule has 3 fully saturated rings. The normalized spacial score (nSPS) is 62.4. The fourth-order valence-corrected chi connectivity index (χ4v) is 5.38. The maximum Gasteiger partial charge on any atom is 0.0849 e. The van der Waals surface area contributed by atoms with E-state index in [1.165, 1.54) is 6.42 Å². The number of halogens is 1. The van der Waals surface area contributed by atoms with Crippen LogP contribution in [-0.2, 0) is 4.74 Å². The first-order valence-corrected chi connectivity index (χ1v) is 6.34. The summed E-state index contributed by atoms with van der Waals surface area (Å²) in [7, 11) is 0. The van der Waals surface area contributed by atoms with Crippen LogP contribution in [0.25, 0.3) is 0 Å². The molecule has 4 aliphatic rings. The smallest absolute Gasteiger partial charge is 0.0849 e. The van der Waals surface area contributed by atoms with Crippen molar-refractivity contribution in [3.05, 3.63) is 11.6 Å². The SMILES string of the molecule is OCC1=C[C@@H]2[C@@H]3C[C@H]4[C@H](O[C@@H]1[C@@H]24)[C@H]3Br. The minimum Gasteiger partial charge on any atom is -0.392 e. The van der Waals surface area contributed by atoms with Gasteiger partial charge in [0.25, 0.3) is 0 Å². The summed E-state index contributed by atoms with van der Waals surface area (Å²) in [6.45, 7) is 0.191. The van der Waals surface area contributed by atoms with E-state index >= 15 is 0 Å². The van der Waals surface area contributed by atoms with Crippen LogP contribution in [0.1, 0.15) is 6.42 Å². The van der Waals surface area contributed by atoms with Gasteiger partial charge in [-0.25, -0.2) is 0 Å². The fraction of sp³-hybridized carbons (Fsp3) is 0.818. The van der Waals surface area contributed by atoms with Gasteiger partial charge >= 0.3 is 0 Å². The van der Waals surface area contributed by atoms with Crippen LogP contribution >= 0.6 is 15.9 Å². The Kier molecular flexibility index (Phi) is 1.45. The lowest BCUT2D eigenvalue weighted by Crippen LogP contribution is -2.31. The van der Waals surface area contributed by atoms with Gasteiger partial charge in [-0.05, 0) is 29.7 Å². The van der Waals surface area contributed by atoms with Gasteiger partial charge in [0.1, 0.15) is 0 Å². The number of aliphatic hydroxyl groups excluding tert-OH is 1. The van der Waals surface area contributed by atoms with Crippen LogP contribution in [0.2, 0.25) is 0 Å². The maximum atomic E-state index is 9.25. The molecule has 2 saturated carbocycles. The Bertz CT molecular complexity index is 327. The first kappa shape index (κ1) is 8.31. The van der Waals surface area contributed by atoms with Crippen LogP contribution < -0.4 is 0 Å². The molecule has 7 atom stereocenters. The van der Waals surface area contributed by atoms with Gasteiger partial charge in [0.05, 0.1) is 18.8 Å². The summed E-state index contributed by atoms with van der Waals surface area (Å²) in [5.41, 5.74) is 1.15. The molecular formula is C11H13BrO2. The van der Waals surface area contributed by atoms with E-state index in [2.05, 4.69) is 22.0 Å². The van der Waals surface area contributed by atoms with E-state index < -0.39 is 0 Å². The van der Waals surface area contributed by atoms with Crippen LogP contribution in [0.3, 0.4) is 0 Å². The first-order chi connectivity index (χ1) is 6.81. The molecule has 0 radical (unpaired) electrons. The lowest BCUT2D eigenvalue weighted by Gasteiger charge is -2.26. The molecule has 1 N–H and O–H groups in total. The summed E-state index contributed by atoms with van der Waals surface area (Å²) in [5.74, 6) is 2.93. The van der Waals surface area contributed by atoms with E-state index in [4.69, 9.17) is 4.74 Å². The van der Waals surface area contributed by atoms with Gasteiger partial charge in [-0.2, -0.15) is 0 Å². The molecule has 0 spiro atoms. The highest BCUT2D eigenvalue weighted by molar-refractivity contribution is 9.09. The van der Waals surface area contributed by atoms with Crippen LogP contribution in [0.5, 0.6) is 0 Å². The standard InChI is InChI=1S/C11H13BrO2/c12-9-6-2-7-8-5(6)1-4(3-13)10(8)14-11(7)9/h1,5-11,13H,2-3H2/t5-,6+,7-,8+,9+,10+,11+/m1/s1. The van der Waals surface area contributed by atoms with Crippen LogP contribution in [0.15, 0.2) is 11.6 Å². The number of allylic oxidation sites excluding steroid dienone is 1. The van der Waals surface area contributed by atoms with E-state index in [1.807, 2.05) is 0 Å². The van der Waals surface area contributed by atoms with Gasteiger partial charge in [0.2, 0.25) is 0 Å². The number of hydrogen-bond donors (Lipinski definition) is 1. The number of alkyl halides is 1. The molecule has 0 aromatic rings. The second-order valence-electron chi connectivity index (χ2n) is 5.08. The van der Waals surface area contributed by atoms with E-state index in [-0.39, 0.29) is 12.7 Å². The second-order valence-corrected chi connectivity index (χ2v) is 6.14. The molecule has 14 heavy (non-hydrogen) atoms. The number of ether oxygens (including phenoxy) is 1. The van der Waals surface area contributed by atoms with Crippen molar-refractivity contribution in [1.82, 2.24) is 0 Å². The van der Waals surface area contributed by atoms with Gasteiger partial charge in [-0.1, -0.05) is 22.0 Å². The minimum absolute atomic E-state index is 0.191. The van der Waals surface area contributed by atoms with Gasteiger partial charge in [-0.3, -0.25) is 0 Å². The molecule has 1 aliphatic heterocycles. The summed E-state index contributed by atoms with van der Waals surface area (Å²) in [4.78, 5) is 0.565. The predicted molar refractivity (Wildman–Crippen MR) is 55.1 cm³/mol. The number of aliphatic hydroxyl groups is 1. The van der Waals surface area contributed by atoms with Crippen molar-refractivity contribution >= 4 is 15.9 Å². The Morgan fingerprint density at radius 1 is 1.50 bits per heavy atom. The van der Waals surface area contributed by atoms with Gasteiger partial charge in [0, 0.05) is 10.7 Å². The molecular weight excluding hydrogens is 244 g/mol. The van der Waals surface area contributed by atoms with Crippen molar-refractivity contribution in [2.24, 2.45) is 23.7 Å². The predicted octanol–water partition coefficient (Wildman–Crippen LogP) is 1.33. The summed E-state index contributed by atoms with van der Waals surface area (Å²) in [5, 5.41) is 9.25. The molecule has 0 unspecified atom stereocenters. The molecule has 3 aliphatic carbocycles. The van der Waals surface area contributed by atoms with Crippen molar-refractivity contribution < 1.29 is 9.84 Å². The lowest BCUT2D eigenvalue weighted by atomic mass is 9.81. The third-order valence-corrected chi connectivity index (χ3v) is 5.93. The Balaban J connectivity index is 1.83. The molecule has 0 amide bonds. The monoisotopic (exact) mass is 256 g/mol. The Hall–Kier alpha value is 0.140. The molecule has 0 aromatic carbocycles. The summed E-state index contributed by atoms with van der Waals surface area (Å²) in [6, 6.07) is 0. The molecule has 4 rings (SSSR count). The highest BCUT2D eigenvalue weighted by atomic mass is 79.9. The summed E-state index contributed by atoms with van der Waals surface area (Å²) < 4.78 is 6.07. The number of hydrogen-bond acceptors (Lipinski definition) is 2. The maximum absolute atomic E-state index is 9.25. The number of rotatable bonds is 1. The molecule has 76 valence electrons. The Labute approximate surface area is 91.5 Å². The van der Waals surface area contributed by atoms with E-state index in [1.54, 1.807) is 0 Å². The molecule has 3 heteroatoms. The first-order valence-electron chi connectivity index (χ1n) is 5.42. The van der Waals surface area contributed by atoms with Crippen molar-refractivity contribution in [1.29, 1.82) is 0 Å². The summed E-state index contributed by atoms with van der Waals surface area (Å²) >= 11 is 3.78. The molecule has 1 saturated heterocycles. The fourth-order valence-electron chi connectivity index (χ4n) is 4.29. The second kappa shape index (κ2) is 2.45. The average Bonchev–Trinajstić information content (AvgIpc) is 2.82. The quantitative estimate of drug-likeness (QED) is 0.567.